The average Bonchev–Trinajstić information content (AvgIpc) is 3.07. The molecule has 1 aromatic carbocycles. The van der Waals surface area contributed by atoms with E-state index in [4.69, 9.17) is 22.2 Å². The van der Waals surface area contributed by atoms with Crippen LogP contribution in [-0.2, 0) is 17.4 Å². The van der Waals surface area contributed by atoms with E-state index < -0.39 is 28.7 Å². The lowest BCUT2D eigenvalue weighted by atomic mass is 10.0. The van der Waals surface area contributed by atoms with Crippen molar-refractivity contribution in [2.24, 2.45) is 0 Å². The van der Waals surface area contributed by atoms with E-state index in [1.165, 1.54) is 6.07 Å². The monoisotopic (exact) mass is 546 g/mol. The third-order valence-corrected chi connectivity index (χ3v) is 7.13. The van der Waals surface area contributed by atoms with E-state index in [1.807, 2.05) is 13.0 Å². The highest BCUT2D eigenvalue weighted by Crippen LogP contribution is 2.40. The van der Waals surface area contributed by atoms with Gasteiger partial charge in [-0.1, -0.05) is 6.92 Å². The maximum absolute atomic E-state index is 13.6. The first-order chi connectivity index (χ1) is 18.0. The van der Waals surface area contributed by atoms with Gasteiger partial charge in [-0.2, -0.15) is 18.4 Å². The number of rotatable bonds is 7. The van der Waals surface area contributed by atoms with Crippen LogP contribution in [0.1, 0.15) is 37.5 Å². The summed E-state index contributed by atoms with van der Waals surface area (Å²) in [5, 5.41) is 12.5. The average molecular weight is 547 g/mol. The van der Waals surface area contributed by atoms with E-state index in [0.29, 0.717) is 24.6 Å². The summed E-state index contributed by atoms with van der Waals surface area (Å²) in [5.74, 6) is 0.00845. The largest absolute Gasteiger partial charge is 0.476 e. The minimum Gasteiger partial charge on any atom is -0.476 e. The summed E-state index contributed by atoms with van der Waals surface area (Å²) in [6.07, 6.45) is -2.58. The second kappa shape index (κ2) is 10.8. The van der Waals surface area contributed by atoms with Crippen LogP contribution in [0, 0.1) is 11.3 Å². The van der Waals surface area contributed by atoms with Gasteiger partial charge in [-0.15, -0.1) is 0 Å². The summed E-state index contributed by atoms with van der Waals surface area (Å²) in [7, 11) is 0. The zero-order chi connectivity index (χ0) is 27.7. The van der Waals surface area contributed by atoms with Crippen molar-refractivity contribution in [2.75, 3.05) is 49.1 Å². The number of nitriles is 1. The van der Waals surface area contributed by atoms with Crippen LogP contribution in [0.15, 0.2) is 30.5 Å². The summed E-state index contributed by atoms with van der Waals surface area (Å²) >= 11 is 5.62. The van der Waals surface area contributed by atoms with Crippen LogP contribution in [0.5, 0.6) is 5.88 Å². The molecular formula is C26H29F3N6O2S. The molecule has 0 bridgehead atoms. The van der Waals surface area contributed by atoms with Crippen LogP contribution in [0.4, 0.5) is 24.5 Å². The molecule has 38 heavy (non-hydrogen) atoms. The van der Waals surface area contributed by atoms with Crippen LogP contribution in [0.3, 0.4) is 0 Å². The molecule has 0 spiro atoms. The fraction of sp³-hybridized carbons (Fsp3) is 0.462. The van der Waals surface area contributed by atoms with Gasteiger partial charge in [0.1, 0.15) is 12.1 Å². The number of nitrogens with zero attached hydrogens (tertiary/aromatic N) is 5. The molecule has 3 heterocycles. The molecule has 0 aliphatic carbocycles. The van der Waals surface area contributed by atoms with Gasteiger partial charge < -0.3 is 15.0 Å². The van der Waals surface area contributed by atoms with Gasteiger partial charge in [0.2, 0.25) is 5.88 Å². The molecule has 12 heteroatoms. The Balaban J connectivity index is 1.60. The molecule has 2 saturated heterocycles. The Labute approximate surface area is 225 Å². The van der Waals surface area contributed by atoms with Crippen molar-refractivity contribution < 1.29 is 22.7 Å². The fourth-order valence-corrected chi connectivity index (χ4v) is 5.18. The number of thiocarbonyl (C=S) groups is 1. The Kier molecular flexibility index (Phi) is 7.92. The summed E-state index contributed by atoms with van der Waals surface area (Å²) in [5.41, 5.74) is -1.54. The highest BCUT2D eigenvalue weighted by molar-refractivity contribution is 7.81. The van der Waals surface area contributed by atoms with Gasteiger partial charge in [-0.3, -0.25) is 14.6 Å². The Morgan fingerprint density at radius 3 is 2.55 bits per heavy atom. The number of hydrogen-bond acceptors (Lipinski definition) is 7. The number of nitrogens with one attached hydrogen (secondary N) is 1. The van der Waals surface area contributed by atoms with Crippen molar-refractivity contribution in [3.05, 3.63) is 47.2 Å². The summed E-state index contributed by atoms with van der Waals surface area (Å²) in [6.45, 7) is 10.4. The number of carbonyl (C=O) groups is 1. The van der Waals surface area contributed by atoms with Crippen LogP contribution < -0.4 is 19.9 Å². The predicted octanol–water partition coefficient (Wildman–Crippen LogP) is 3.74. The predicted molar refractivity (Wildman–Crippen MR) is 141 cm³/mol. The van der Waals surface area contributed by atoms with Gasteiger partial charge >= 0.3 is 6.18 Å². The lowest BCUT2D eigenvalue weighted by molar-refractivity contribution is -0.137. The molecule has 202 valence electrons. The minimum absolute atomic E-state index is 0.0223. The van der Waals surface area contributed by atoms with E-state index in [0.717, 1.165) is 55.3 Å². The van der Waals surface area contributed by atoms with Crippen molar-refractivity contribution in [3.8, 4) is 11.9 Å². The molecule has 0 unspecified atom stereocenters. The van der Waals surface area contributed by atoms with Crippen molar-refractivity contribution >= 4 is 34.6 Å². The maximum atomic E-state index is 13.6. The van der Waals surface area contributed by atoms with Gasteiger partial charge in [0.05, 0.1) is 34.8 Å². The number of aryl methyl sites for hydroxylation is 1. The topological polar surface area (TPSA) is 84.7 Å². The maximum Gasteiger partial charge on any atom is 0.417 e. The highest BCUT2D eigenvalue weighted by Gasteiger charge is 2.51. The molecule has 2 aliphatic heterocycles. The summed E-state index contributed by atoms with van der Waals surface area (Å²) in [6, 6.07) is 6.53. The number of ether oxygens (including phenoxy) is 1. The number of alkyl halides is 3. The van der Waals surface area contributed by atoms with Gasteiger partial charge in [0, 0.05) is 38.3 Å². The van der Waals surface area contributed by atoms with Crippen molar-refractivity contribution in [1.82, 2.24) is 15.2 Å². The molecule has 0 atom stereocenters. The molecule has 1 amide bonds. The first-order valence-electron chi connectivity index (χ1n) is 12.3. The van der Waals surface area contributed by atoms with Crippen LogP contribution in [0.2, 0.25) is 0 Å². The van der Waals surface area contributed by atoms with Crippen LogP contribution in [0.25, 0.3) is 0 Å². The number of hydrogen-bond donors (Lipinski definition) is 1. The molecule has 1 N–H and O–H groups in total. The molecule has 8 nitrogen and oxygen atoms in total. The summed E-state index contributed by atoms with van der Waals surface area (Å²) in [4.78, 5) is 22.9. The lowest BCUT2D eigenvalue weighted by Gasteiger charge is -2.30. The summed E-state index contributed by atoms with van der Waals surface area (Å²) < 4.78 is 46.7. The molecular weight excluding hydrogens is 517 g/mol. The second-order valence-electron chi connectivity index (χ2n) is 9.61. The van der Waals surface area contributed by atoms with E-state index >= 15 is 0 Å². The quantitative estimate of drug-likeness (QED) is 0.526. The first-order valence-corrected chi connectivity index (χ1v) is 12.7. The SMILES string of the molecule is CCc1cc(N2C(=S)N(c3ccc(C#N)c(C(F)(F)F)c3)C(=O)C2(C)C)cnc1OCCN1CCNCC1. The smallest absolute Gasteiger partial charge is 0.417 e. The van der Waals surface area contributed by atoms with Crippen LogP contribution in [-0.4, -0.2) is 65.8 Å². The molecule has 0 saturated carbocycles. The normalized spacial score (nSPS) is 18.1. The third kappa shape index (κ3) is 5.32. The number of amides is 1. The molecule has 0 radical (unpaired) electrons. The minimum atomic E-state index is -4.76. The van der Waals surface area contributed by atoms with Gasteiger partial charge in [0.15, 0.2) is 5.11 Å². The van der Waals surface area contributed by atoms with Gasteiger partial charge in [-0.05, 0) is 56.8 Å². The van der Waals surface area contributed by atoms with Gasteiger partial charge in [0.25, 0.3) is 5.91 Å². The molecule has 2 aromatic rings. The Hall–Kier alpha value is -3.27. The Morgan fingerprint density at radius 1 is 1.21 bits per heavy atom. The molecule has 2 fully saturated rings. The van der Waals surface area contributed by atoms with Crippen molar-refractivity contribution in [3.63, 3.8) is 0 Å². The molecule has 4 rings (SSSR count). The Bertz CT molecular complexity index is 1270. The zero-order valence-electron chi connectivity index (χ0n) is 21.4. The van der Waals surface area contributed by atoms with Crippen molar-refractivity contribution in [1.29, 1.82) is 5.26 Å². The zero-order valence-corrected chi connectivity index (χ0v) is 22.2. The second-order valence-corrected chi connectivity index (χ2v) is 9.97. The van der Waals surface area contributed by atoms with Crippen LogP contribution >= 0.6 is 12.2 Å². The van der Waals surface area contributed by atoms with E-state index in [9.17, 15) is 18.0 Å². The Morgan fingerprint density at radius 2 is 1.92 bits per heavy atom. The van der Waals surface area contributed by atoms with E-state index in [1.54, 1.807) is 31.0 Å². The number of piperazine rings is 1. The number of halogens is 3. The van der Waals surface area contributed by atoms with E-state index in [-0.39, 0.29) is 10.8 Å². The first kappa shape index (κ1) is 27.8. The van der Waals surface area contributed by atoms with Gasteiger partial charge in [-0.25, -0.2) is 4.98 Å². The number of anilines is 2. The fourth-order valence-electron chi connectivity index (χ4n) is 4.66. The lowest BCUT2D eigenvalue weighted by Crippen LogP contribution is -2.45. The standard InChI is InChI=1S/C26H29F3N6O2S/c1-4-17-13-20(16-32-22(17)37-12-11-33-9-7-31-8-10-33)35-24(38)34(23(36)25(35,2)3)19-6-5-18(15-30)21(14-19)26(27,28)29/h5-6,13-14,16,31H,4,7-12H2,1-3H3. The van der Waals surface area contributed by atoms with E-state index in [2.05, 4.69) is 15.2 Å². The van der Waals surface area contributed by atoms with Crippen molar-refractivity contribution in [2.45, 2.75) is 38.9 Å². The number of benzene rings is 1. The third-order valence-electron chi connectivity index (χ3n) is 6.76. The molecule has 1 aromatic heterocycles. The molecule has 2 aliphatic rings. The number of aromatic nitrogens is 1. The number of pyridine rings is 1. The highest BCUT2D eigenvalue weighted by atomic mass is 32.1. The number of carbonyl (C=O) groups excluding carboxylic acids is 1.